The Labute approximate surface area is 167 Å². The fourth-order valence-electron chi connectivity index (χ4n) is 2.90. The first kappa shape index (κ1) is 19.4. The smallest absolute Gasteiger partial charge is 0.229 e. The monoisotopic (exact) mass is 429 g/mol. The molecule has 1 amide bonds. The normalized spacial score (nSPS) is 12.1. The van der Waals surface area contributed by atoms with E-state index < -0.39 is 0 Å². The Kier molecular flexibility index (Phi) is 6.11. The molecule has 3 aromatic rings. The first-order chi connectivity index (χ1) is 12.9. The van der Waals surface area contributed by atoms with Crippen LogP contribution in [0.2, 0.25) is 0 Å². The number of aromatic nitrogens is 4. The van der Waals surface area contributed by atoms with Crippen LogP contribution in [0.1, 0.15) is 23.9 Å². The molecule has 0 bridgehead atoms. The molecule has 6 nitrogen and oxygen atoms in total. The van der Waals surface area contributed by atoms with Gasteiger partial charge >= 0.3 is 0 Å². The molecule has 0 aliphatic rings. The van der Waals surface area contributed by atoms with E-state index in [1.807, 2.05) is 54.5 Å². The van der Waals surface area contributed by atoms with Crippen LogP contribution < -0.4 is 5.32 Å². The Balaban J connectivity index is 1.54. The molecule has 1 unspecified atom stereocenters. The average molecular weight is 430 g/mol. The number of carbonyl (C=O) groups is 1. The molecule has 1 N–H and O–H groups in total. The van der Waals surface area contributed by atoms with E-state index in [4.69, 9.17) is 0 Å². The van der Waals surface area contributed by atoms with Gasteiger partial charge in [-0.2, -0.15) is 10.2 Å². The number of rotatable bonds is 7. The van der Waals surface area contributed by atoms with Crippen molar-refractivity contribution >= 4 is 27.5 Å². The predicted octanol–water partition coefficient (Wildman–Crippen LogP) is 3.98. The van der Waals surface area contributed by atoms with Crippen molar-refractivity contribution in [3.63, 3.8) is 0 Å². The summed E-state index contributed by atoms with van der Waals surface area (Å²) in [5, 5.41) is 11.8. The molecule has 0 aliphatic carbocycles. The van der Waals surface area contributed by atoms with Crippen LogP contribution in [-0.2, 0) is 24.3 Å². The number of nitrogens with zero attached hydrogens (tertiary/aromatic N) is 4. The average Bonchev–Trinajstić information content (AvgIpc) is 3.21. The summed E-state index contributed by atoms with van der Waals surface area (Å²) in [4.78, 5) is 12.5. The summed E-state index contributed by atoms with van der Waals surface area (Å²) in [5.74, 6) is -0.246. The van der Waals surface area contributed by atoms with E-state index in [1.165, 1.54) is 5.56 Å². The molecule has 0 spiro atoms. The molecule has 27 heavy (non-hydrogen) atoms. The Hall–Kier alpha value is -2.41. The Morgan fingerprint density at radius 3 is 2.67 bits per heavy atom. The molecule has 3 rings (SSSR count). The molecule has 1 atom stereocenters. The predicted molar refractivity (Wildman–Crippen MR) is 110 cm³/mol. The largest absolute Gasteiger partial charge is 0.323 e. The third-order valence-electron chi connectivity index (χ3n) is 4.56. The lowest BCUT2D eigenvalue weighted by Gasteiger charge is -2.12. The Bertz CT molecular complexity index is 916. The van der Waals surface area contributed by atoms with E-state index in [0.29, 0.717) is 6.54 Å². The molecule has 7 heteroatoms. The van der Waals surface area contributed by atoms with Crippen molar-refractivity contribution in [3.05, 3.63) is 64.1 Å². The van der Waals surface area contributed by atoms with Crippen LogP contribution in [0.4, 0.5) is 5.69 Å². The van der Waals surface area contributed by atoms with E-state index in [-0.39, 0.29) is 11.8 Å². The zero-order valence-electron chi connectivity index (χ0n) is 15.8. The minimum atomic E-state index is -0.206. The van der Waals surface area contributed by atoms with Gasteiger partial charge in [-0.15, -0.1) is 0 Å². The minimum absolute atomic E-state index is 0.0405. The third kappa shape index (κ3) is 4.86. The van der Waals surface area contributed by atoms with Crippen LogP contribution in [0, 0.1) is 19.8 Å². The highest BCUT2D eigenvalue weighted by molar-refractivity contribution is 9.10. The van der Waals surface area contributed by atoms with Crippen LogP contribution in [0.3, 0.4) is 0 Å². The highest BCUT2D eigenvalue weighted by Crippen LogP contribution is 2.21. The maximum absolute atomic E-state index is 12.5. The number of nitrogens with one attached hydrogen (secondary N) is 1. The zero-order chi connectivity index (χ0) is 19.4. The van der Waals surface area contributed by atoms with Crippen molar-refractivity contribution in [2.75, 3.05) is 5.32 Å². The second-order valence-corrected chi connectivity index (χ2v) is 7.58. The summed E-state index contributed by atoms with van der Waals surface area (Å²) < 4.78 is 4.72. The number of anilines is 1. The Morgan fingerprint density at radius 2 is 2.00 bits per heavy atom. The highest BCUT2D eigenvalue weighted by Gasteiger charge is 2.17. The summed E-state index contributed by atoms with van der Waals surface area (Å²) in [6.07, 6.45) is 4.46. The molecule has 0 saturated carbocycles. The standard InChI is InChI=1S/C20H24BrN5O/c1-14(12-26-16(3)19(21)15(2)24-26)20(27)23-18-11-22-25(13-18)10-9-17-7-5-4-6-8-17/h4-8,11,13-14H,9-10,12H2,1-3H3,(H,23,27). The second kappa shape index (κ2) is 8.52. The fourth-order valence-corrected chi connectivity index (χ4v) is 3.18. The number of aryl methyl sites for hydroxylation is 3. The Morgan fingerprint density at radius 1 is 1.26 bits per heavy atom. The zero-order valence-corrected chi connectivity index (χ0v) is 17.4. The number of amides is 1. The molecule has 142 valence electrons. The van der Waals surface area contributed by atoms with Gasteiger partial charge in [-0.25, -0.2) is 0 Å². The number of hydrogen-bond acceptors (Lipinski definition) is 3. The van der Waals surface area contributed by atoms with Gasteiger partial charge in [0.25, 0.3) is 0 Å². The van der Waals surface area contributed by atoms with Crippen LogP contribution in [-0.4, -0.2) is 25.5 Å². The van der Waals surface area contributed by atoms with Crippen LogP contribution >= 0.6 is 15.9 Å². The van der Waals surface area contributed by atoms with Gasteiger partial charge in [0.1, 0.15) is 0 Å². The summed E-state index contributed by atoms with van der Waals surface area (Å²) in [5.41, 5.74) is 3.94. The number of carbonyl (C=O) groups excluding carboxylic acids is 1. The molecule has 0 fully saturated rings. The van der Waals surface area contributed by atoms with Crippen molar-refractivity contribution in [3.8, 4) is 0 Å². The molecular weight excluding hydrogens is 406 g/mol. The van der Waals surface area contributed by atoms with E-state index in [2.05, 4.69) is 43.6 Å². The van der Waals surface area contributed by atoms with Gasteiger partial charge in [0.2, 0.25) is 5.91 Å². The molecule has 2 heterocycles. The van der Waals surface area contributed by atoms with Crippen molar-refractivity contribution in [2.45, 2.75) is 40.3 Å². The first-order valence-corrected chi connectivity index (χ1v) is 9.80. The van der Waals surface area contributed by atoms with Crippen molar-refractivity contribution in [1.82, 2.24) is 19.6 Å². The molecule has 0 radical (unpaired) electrons. The van der Waals surface area contributed by atoms with E-state index in [1.54, 1.807) is 6.20 Å². The molecule has 0 aliphatic heterocycles. The lowest BCUT2D eigenvalue weighted by Crippen LogP contribution is -2.25. The van der Waals surface area contributed by atoms with Gasteiger partial charge in [-0.1, -0.05) is 37.3 Å². The van der Waals surface area contributed by atoms with Gasteiger partial charge in [0, 0.05) is 18.4 Å². The van der Waals surface area contributed by atoms with Crippen LogP contribution in [0.15, 0.2) is 47.2 Å². The fraction of sp³-hybridized carbons (Fsp3) is 0.350. The topological polar surface area (TPSA) is 64.7 Å². The molecule has 1 aromatic carbocycles. The second-order valence-electron chi connectivity index (χ2n) is 6.78. The van der Waals surface area contributed by atoms with Crippen molar-refractivity contribution in [1.29, 1.82) is 0 Å². The quantitative estimate of drug-likeness (QED) is 0.617. The molecule has 2 aromatic heterocycles. The third-order valence-corrected chi connectivity index (χ3v) is 5.71. The van der Waals surface area contributed by atoms with Crippen LogP contribution in [0.5, 0.6) is 0 Å². The van der Waals surface area contributed by atoms with Gasteiger partial charge in [-0.3, -0.25) is 14.2 Å². The molecular formula is C20H24BrN5O. The van der Waals surface area contributed by atoms with Gasteiger partial charge < -0.3 is 5.32 Å². The van der Waals surface area contributed by atoms with Gasteiger partial charge in [0.05, 0.1) is 34.5 Å². The van der Waals surface area contributed by atoms with E-state index in [0.717, 1.165) is 34.5 Å². The van der Waals surface area contributed by atoms with Gasteiger partial charge in [-0.05, 0) is 41.8 Å². The van der Waals surface area contributed by atoms with Crippen molar-refractivity contribution < 1.29 is 4.79 Å². The van der Waals surface area contributed by atoms with Crippen molar-refractivity contribution in [2.24, 2.45) is 5.92 Å². The number of hydrogen-bond donors (Lipinski definition) is 1. The van der Waals surface area contributed by atoms with Gasteiger partial charge in [0.15, 0.2) is 0 Å². The van der Waals surface area contributed by atoms with E-state index >= 15 is 0 Å². The maximum atomic E-state index is 12.5. The summed E-state index contributed by atoms with van der Waals surface area (Å²) in [7, 11) is 0. The highest BCUT2D eigenvalue weighted by atomic mass is 79.9. The SMILES string of the molecule is Cc1nn(CC(C)C(=O)Nc2cnn(CCc3ccccc3)c2)c(C)c1Br. The number of halogens is 1. The summed E-state index contributed by atoms with van der Waals surface area (Å²) in [6, 6.07) is 10.3. The minimum Gasteiger partial charge on any atom is -0.323 e. The summed E-state index contributed by atoms with van der Waals surface area (Å²) >= 11 is 3.52. The number of benzene rings is 1. The maximum Gasteiger partial charge on any atom is 0.229 e. The summed E-state index contributed by atoms with van der Waals surface area (Å²) in [6.45, 7) is 7.15. The molecule has 0 saturated heterocycles. The lowest BCUT2D eigenvalue weighted by atomic mass is 10.1. The lowest BCUT2D eigenvalue weighted by molar-refractivity contribution is -0.119. The van der Waals surface area contributed by atoms with Crippen LogP contribution in [0.25, 0.3) is 0 Å². The van der Waals surface area contributed by atoms with E-state index in [9.17, 15) is 4.79 Å². The first-order valence-electron chi connectivity index (χ1n) is 9.01.